The summed E-state index contributed by atoms with van der Waals surface area (Å²) in [5, 5.41) is 4.75. The lowest BCUT2D eigenvalue weighted by Gasteiger charge is -2.10. The van der Waals surface area contributed by atoms with Gasteiger partial charge in [-0.25, -0.2) is 0 Å². The van der Waals surface area contributed by atoms with Crippen LogP contribution in [-0.2, 0) is 18.0 Å². The van der Waals surface area contributed by atoms with Gasteiger partial charge in [0.25, 0.3) is 0 Å². The Bertz CT molecular complexity index is 490. The van der Waals surface area contributed by atoms with E-state index in [-0.39, 0.29) is 0 Å². The number of ether oxygens (including phenoxy) is 1. The third kappa shape index (κ3) is 2.92. The largest absolute Gasteiger partial charge is 0.361 e. The second kappa shape index (κ2) is 6.57. The molecule has 3 nitrogen and oxygen atoms in total. The zero-order valence-corrected chi connectivity index (χ0v) is 11.3. The fourth-order valence-corrected chi connectivity index (χ4v) is 2.18. The Balaban J connectivity index is 2.24. The van der Waals surface area contributed by atoms with E-state index >= 15 is 0 Å². The Morgan fingerprint density at radius 1 is 1.22 bits per heavy atom. The summed E-state index contributed by atoms with van der Waals surface area (Å²) in [6, 6.07) is 8.61. The fraction of sp³-hybridized carbons (Fsp3) is 0.467. The molecule has 18 heavy (non-hydrogen) atoms. The summed E-state index contributed by atoms with van der Waals surface area (Å²) in [5.41, 5.74) is 2.63. The van der Waals surface area contributed by atoms with Crippen LogP contribution in [0.5, 0.6) is 0 Å². The van der Waals surface area contributed by atoms with E-state index < -0.39 is 0 Å². The molecule has 1 N–H and O–H groups in total. The first-order valence-corrected chi connectivity index (χ1v) is 6.72. The molecule has 1 aromatic carbocycles. The first-order valence-electron chi connectivity index (χ1n) is 6.72. The van der Waals surface area contributed by atoms with Gasteiger partial charge in [0.2, 0.25) is 0 Å². The van der Waals surface area contributed by atoms with Gasteiger partial charge in [-0.05, 0) is 36.9 Å². The predicted octanol–water partition coefficient (Wildman–Crippen LogP) is 3.13. The number of nitrogens with zero attached hydrogens (tertiary/aromatic N) is 1. The van der Waals surface area contributed by atoms with Crippen LogP contribution >= 0.6 is 0 Å². The van der Waals surface area contributed by atoms with E-state index in [1.54, 1.807) is 0 Å². The summed E-state index contributed by atoms with van der Waals surface area (Å²) in [7, 11) is 0. The van der Waals surface area contributed by atoms with Gasteiger partial charge in [0, 0.05) is 19.3 Å². The van der Waals surface area contributed by atoms with Crippen molar-refractivity contribution in [2.24, 2.45) is 0 Å². The molecule has 98 valence electrons. The van der Waals surface area contributed by atoms with Gasteiger partial charge in [-0.15, -0.1) is 0 Å². The van der Waals surface area contributed by atoms with Gasteiger partial charge in [0.15, 0.2) is 0 Å². The zero-order valence-electron chi connectivity index (χ0n) is 11.3. The van der Waals surface area contributed by atoms with Gasteiger partial charge >= 0.3 is 0 Å². The average molecular weight is 246 g/mol. The van der Waals surface area contributed by atoms with E-state index in [4.69, 9.17) is 4.74 Å². The van der Waals surface area contributed by atoms with Crippen LogP contribution in [0.25, 0.3) is 10.9 Å². The quantitative estimate of drug-likeness (QED) is 0.760. The van der Waals surface area contributed by atoms with Gasteiger partial charge in [0.1, 0.15) is 6.73 Å². The molecule has 0 aliphatic carbocycles. The lowest BCUT2D eigenvalue weighted by atomic mass is 10.1. The number of fused-ring (bicyclic) bond motifs is 1. The molecule has 0 radical (unpaired) electrons. The summed E-state index contributed by atoms with van der Waals surface area (Å²) in [6.07, 6.45) is 3.26. The van der Waals surface area contributed by atoms with E-state index in [0.29, 0.717) is 6.73 Å². The average Bonchev–Trinajstić information content (AvgIpc) is 2.81. The molecule has 0 amide bonds. The van der Waals surface area contributed by atoms with Crippen molar-refractivity contribution in [3.05, 3.63) is 36.0 Å². The van der Waals surface area contributed by atoms with Crippen molar-refractivity contribution in [3.63, 3.8) is 0 Å². The molecule has 0 spiro atoms. The second-order valence-corrected chi connectivity index (χ2v) is 4.44. The molecule has 1 heterocycles. The van der Waals surface area contributed by atoms with Crippen LogP contribution in [-0.4, -0.2) is 17.7 Å². The molecule has 2 rings (SSSR count). The van der Waals surface area contributed by atoms with Gasteiger partial charge < -0.3 is 14.6 Å². The van der Waals surface area contributed by atoms with Crippen molar-refractivity contribution in [2.45, 2.75) is 33.5 Å². The van der Waals surface area contributed by atoms with E-state index in [1.807, 2.05) is 6.92 Å². The van der Waals surface area contributed by atoms with Crippen LogP contribution in [0.2, 0.25) is 0 Å². The Hall–Kier alpha value is -1.32. The number of nitrogens with one attached hydrogen (secondary N) is 1. The smallest absolute Gasteiger partial charge is 0.122 e. The van der Waals surface area contributed by atoms with Crippen LogP contribution in [0.4, 0.5) is 0 Å². The molecule has 0 unspecified atom stereocenters. The highest BCUT2D eigenvalue weighted by atomic mass is 16.5. The molecule has 0 aliphatic heterocycles. The molecule has 0 bridgehead atoms. The Kier molecular flexibility index (Phi) is 4.79. The SMILES string of the molecule is CCCNCc1cccc2ccn(COCC)c12. The highest BCUT2D eigenvalue weighted by Crippen LogP contribution is 2.20. The van der Waals surface area contributed by atoms with E-state index in [2.05, 4.69) is 47.3 Å². The van der Waals surface area contributed by atoms with Crippen molar-refractivity contribution >= 4 is 10.9 Å². The maximum Gasteiger partial charge on any atom is 0.122 e. The molecule has 0 saturated heterocycles. The third-order valence-corrected chi connectivity index (χ3v) is 3.05. The predicted molar refractivity (Wildman–Crippen MR) is 75.6 cm³/mol. The summed E-state index contributed by atoms with van der Waals surface area (Å²) in [5.74, 6) is 0. The van der Waals surface area contributed by atoms with Gasteiger partial charge in [0.05, 0.1) is 5.52 Å². The van der Waals surface area contributed by atoms with Crippen LogP contribution in [0.15, 0.2) is 30.5 Å². The van der Waals surface area contributed by atoms with Crippen LogP contribution in [0.1, 0.15) is 25.8 Å². The molecule has 0 saturated carbocycles. The van der Waals surface area contributed by atoms with Crippen LogP contribution in [0.3, 0.4) is 0 Å². The Morgan fingerprint density at radius 2 is 2.11 bits per heavy atom. The Labute approximate surface area is 109 Å². The lowest BCUT2D eigenvalue weighted by molar-refractivity contribution is 0.0908. The van der Waals surface area contributed by atoms with Crippen LogP contribution in [0, 0.1) is 0 Å². The number of rotatable bonds is 7. The molecule has 0 aliphatic rings. The summed E-state index contributed by atoms with van der Waals surface area (Å²) >= 11 is 0. The Morgan fingerprint density at radius 3 is 2.89 bits per heavy atom. The first-order chi connectivity index (χ1) is 8.86. The molecule has 2 aromatic rings. The molecule has 3 heteroatoms. The summed E-state index contributed by atoms with van der Waals surface area (Å²) in [4.78, 5) is 0. The number of hydrogen-bond acceptors (Lipinski definition) is 2. The monoisotopic (exact) mass is 246 g/mol. The highest BCUT2D eigenvalue weighted by Gasteiger charge is 2.05. The molecule has 0 fully saturated rings. The van der Waals surface area contributed by atoms with Crippen molar-refractivity contribution in [1.82, 2.24) is 9.88 Å². The minimum Gasteiger partial charge on any atom is -0.361 e. The number of para-hydroxylation sites is 1. The topological polar surface area (TPSA) is 26.2 Å². The second-order valence-electron chi connectivity index (χ2n) is 4.44. The minimum absolute atomic E-state index is 0.630. The van der Waals surface area contributed by atoms with E-state index in [9.17, 15) is 0 Å². The molecule has 0 atom stereocenters. The fourth-order valence-electron chi connectivity index (χ4n) is 2.18. The van der Waals surface area contributed by atoms with Crippen molar-refractivity contribution in [3.8, 4) is 0 Å². The van der Waals surface area contributed by atoms with Gasteiger partial charge in [-0.3, -0.25) is 0 Å². The van der Waals surface area contributed by atoms with Crippen molar-refractivity contribution in [2.75, 3.05) is 13.2 Å². The number of benzene rings is 1. The first kappa shape index (κ1) is 13.1. The van der Waals surface area contributed by atoms with Crippen molar-refractivity contribution < 1.29 is 4.74 Å². The summed E-state index contributed by atoms with van der Waals surface area (Å²) < 4.78 is 7.69. The van der Waals surface area contributed by atoms with Gasteiger partial charge in [-0.2, -0.15) is 0 Å². The van der Waals surface area contributed by atoms with Crippen LogP contribution < -0.4 is 5.32 Å². The molecular weight excluding hydrogens is 224 g/mol. The third-order valence-electron chi connectivity index (χ3n) is 3.05. The standard InChI is InChI=1S/C15H22N2O/c1-3-9-16-11-14-7-5-6-13-8-10-17(15(13)14)12-18-4-2/h5-8,10,16H,3-4,9,11-12H2,1-2H3. The molecular formula is C15H22N2O. The molecule has 1 aromatic heterocycles. The number of aromatic nitrogens is 1. The minimum atomic E-state index is 0.630. The normalized spacial score (nSPS) is 11.2. The number of hydrogen-bond donors (Lipinski definition) is 1. The summed E-state index contributed by atoms with van der Waals surface area (Å²) in [6.45, 7) is 7.56. The maximum atomic E-state index is 5.51. The van der Waals surface area contributed by atoms with E-state index in [0.717, 1.165) is 26.1 Å². The zero-order chi connectivity index (χ0) is 12.8. The maximum absolute atomic E-state index is 5.51. The highest BCUT2D eigenvalue weighted by molar-refractivity contribution is 5.83. The van der Waals surface area contributed by atoms with Crippen molar-refractivity contribution in [1.29, 1.82) is 0 Å². The lowest BCUT2D eigenvalue weighted by Crippen LogP contribution is -2.14. The van der Waals surface area contributed by atoms with E-state index in [1.165, 1.54) is 16.5 Å². The van der Waals surface area contributed by atoms with Gasteiger partial charge in [-0.1, -0.05) is 25.1 Å².